The fraction of sp³-hybridized carbons (Fsp3) is 0.462. The van der Waals surface area contributed by atoms with Crippen LogP contribution in [0.4, 0.5) is 0 Å². The first-order valence-corrected chi connectivity index (χ1v) is 6.19. The molecule has 5 heteroatoms. The number of rotatable bonds is 2. The molecular formula is C13H17N3O2. The number of carbonyl (C=O) groups excluding carboxylic acids is 2. The van der Waals surface area contributed by atoms with Crippen LogP contribution in [0.1, 0.15) is 35.4 Å². The van der Waals surface area contributed by atoms with E-state index in [0.717, 1.165) is 18.5 Å². The van der Waals surface area contributed by atoms with Crippen LogP contribution >= 0.6 is 0 Å². The molecule has 1 aromatic heterocycles. The molecule has 5 nitrogen and oxygen atoms in total. The summed E-state index contributed by atoms with van der Waals surface area (Å²) < 4.78 is 0. The first kappa shape index (κ1) is 12.5. The Morgan fingerprint density at radius 3 is 3.06 bits per heavy atom. The van der Waals surface area contributed by atoms with Crippen LogP contribution in [0.2, 0.25) is 0 Å². The molecule has 0 aromatic carbocycles. The van der Waals surface area contributed by atoms with Crippen molar-refractivity contribution in [1.82, 2.24) is 15.6 Å². The van der Waals surface area contributed by atoms with Crippen LogP contribution < -0.4 is 10.6 Å². The van der Waals surface area contributed by atoms with E-state index in [0.29, 0.717) is 18.7 Å². The van der Waals surface area contributed by atoms with Gasteiger partial charge >= 0.3 is 0 Å². The minimum Gasteiger partial charge on any atom is -0.354 e. The van der Waals surface area contributed by atoms with Gasteiger partial charge in [-0.1, -0.05) is 6.07 Å². The second kappa shape index (κ2) is 5.62. The smallest absolute Gasteiger partial charge is 0.270 e. The summed E-state index contributed by atoms with van der Waals surface area (Å²) >= 11 is 0. The molecule has 2 N–H and O–H groups in total. The Labute approximate surface area is 106 Å². The first-order valence-electron chi connectivity index (χ1n) is 6.19. The summed E-state index contributed by atoms with van der Waals surface area (Å²) in [7, 11) is 0. The Morgan fingerprint density at radius 2 is 2.28 bits per heavy atom. The first-order chi connectivity index (χ1) is 8.66. The molecule has 0 saturated carbocycles. The number of aryl methyl sites for hydroxylation is 1. The number of amides is 2. The van der Waals surface area contributed by atoms with Gasteiger partial charge in [0.1, 0.15) is 11.7 Å². The van der Waals surface area contributed by atoms with Gasteiger partial charge < -0.3 is 10.6 Å². The maximum Gasteiger partial charge on any atom is 0.270 e. The van der Waals surface area contributed by atoms with Crippen molar-refractivity contribution >= 4 is 11.8 Å². The summed E-state index contributed by atoms with van der Waals surface area (Å²) in [5.41, 5.74) is 1.14. The third-order valence-electron chi connectivity index (χ3n) is 2.96. The lowest BCUT2D eigenvalue weighted by molar-refractivity contribution is -0.122. The van der Waals surface area contributed by atoms with Crippen LogP contribution in [-0.2, 0) is 4.79 Å². The van der Waals surface area contributed by atoms with Gasteiger partial charge in [0.2, 0.25) is 5.91 Å². The summed E-state index contributed by atoms with van der Waals surface area (Å²) in [4.78, 5) is 27.8. The molecule has 1 aliphatic heterocycles. The zero-order valence-corrected chi connectivity index (χ0v) is 10.4. The van der Waals surface area contributed by atoms with Crippen molar-refractivity contribution in [2.75, 3.05) is 6.54 Å². The van der Waals surface area contributed by atoms with Crippen LogP contribution in [-0.4, -0.2) is 29.4 Å². The third kappa shape index (κ3) is 3.06. The van der Waals surface area contributed by atoms with Crippen LogP contribution in [0.3, 0.4) is 0 Å². The van der Waals surface area contributed by atoms with Crippen molar-refractivity contribution < 1.29 is 9.59 Å². The SMILES string of the molecule is Cc1cccc(C(=O)NC2CCCCNC2=O)n1. The summed E-state index contributed by atoms with van der Waals surface area (Å²) in [5.74, 6) is -0.394. The number of hydrogen-bond donors (Lipinski definition) is 2. The van der Waals surface area contributed by atoms with Gasteiger partial charge in [-0.3, -0.25) is 9.59 Å². The Hall–Kier alpha value is -1.91. The minimum atomic E-state index is -0.442. The molecule has 0 bridgehead atoms. The number of carbonyl (C=O) groups is 2. The number of nitrogens with zero attached hydrogens (tertiary/aromatic N) is 1. The van der Waals surface area contributed by atoms with Gasteiger partial charge in [0.15, 0.2) is 0 Å². The highest BCUT2D eigenvalue weighted by molar-refractivity contribution is 5.96. The largest absolute Gasteiger partial charge is 0.354 e. The molecule has 0 spiro atoms. The molecule has 1 aromatic rings. The molecule has 2 heterocycles. The summed E-state index contributed by atoms with van der Waals surface area (Å²) in [6, 6.07) is 4.82. The molecule has 0 aliphatic carbocycles. The minimum absolute atomic E-state index is 0.103. The summed E-state index contributed by atoms with van der Waals surface area (Å²) in [6.45, 7) is 2.52. The van der Waals surface area contributed by atoms with E-state index >= 15 is 0 Å². The van der Waals surface area contributed by atoms with Crippen molar-refractivity contribution in [3.8, 4) is 0 Å². The molecule has 2 amide bonds. The van der Waals surface area contributed by atoms with E-state index in [1.165, 1.54) is 0 Å². The van der Waals surface area contributed by atoms with Gasteiger partial charge in [-0.05, 0) is 38.3 Å². The van der Waals surface area contributed by atoms with Gasteiger partial charge in [-0.15, -0.1) is 0 Å². The highest BCUT2D eigenvalue weighted by atomic mass is 16.2. The van der Waals surface area contributed by atoms with E-state index in [1.54, 1.807) is 12.1 Å². The zero-order chi connectivity index (χ0) is 13.0. The van der Waals surface area contributed by atoms with Crippen molar-refractivity contribution in [3.05, 3.63) is 29.6 Å². The lowest BCUT2D eigenvalue weighted by Crippen LogP contribution is -2.45. The average Bonchev–Trinajstić information content (AvgIpc) is 2.55. The van der Waals surface area contributed by atoms with E-state index < -0.39 is 6.04 Å². The maximum atomic E-state index is 12.0. The molecule has 2 rings (SSSR count). The van der Waals surface area contributed by atoms with Crippen molar-refractivity contribution in [2.45, 2.75) is 32.2 Å². The number of hydrogen-bond acceptors (Lipinski definition) is 3. The summed E-state index contributed by atoms with van der Waals surface area (Å²) in [6.07, 6.45) is 2.58. The van der Waals surface area contributed by atoms with E-state index in [1.807, 2.05) is 13.0 Å². The van der Waals surface area contributed by atoms with E-state index in [-0.39, 0.29) is 11.8 Å². The molecule has 1 atom stereocenters. The monoisotopic (exact) mass is 247 g/mol. The fourth-order valence-corrected chi connectivity index (χ4v) is 1.98. The van der Waals surface area contributed by atoms with Crippen molar-refractivity contribution in [2.24, 2.45) is 0 Å². The molecule has 0 radical (unpaired) electrons. The van der Waals surface area contributed by atoms with E-state index in [9.17, 15) is 9.59 Å². The Bertz CT molecular complexity index is 459. The Morgan fingerprint density at radius 1 is 1.44 bits per heavy atom. The Balaban J connectivity index is 2.04. The zero-order valence-electron chi connectivity index (χ0n) is 10.4. The van der Waals surface area contributed by atoms with Crippen molar-refractivity contribution in [1.29, 1.82) is 0 Å². The van der Waals surface area contributed by atoms with Crippen LogP contribution in [0, 0.1) is 6.92 Å². The van der Waals surface area contributed by atoms with Crippen molar-refractivity contribution in [3.63, 3.8) is 0 Å². The molecule has 1 unspecified atom stereocenters. The van der Waals surface area contributed by atoms with Gasteiger partial charge in [0.25, 0.3) is 5.91 Å². The second-order valence-corrected chi connectivity index (χ2v) is 4.48. The molecule has 96 valence electrons. The lowest BCUT2D eigenvalue weighted by Gasteiger charge is -2.14. The maximum absolute atomic E-state index is 12.0. The number of pyridine rings is 1. The standard InChI is InChI=1S/C13H17N3O2/c1-9-5-4-7-11(15-9)13(18)16-10-6-2-3-8-14-12(10)17/h4-5,7,10H,2-3,6,8H2,1H3,(H,14,17)(H,16,18). The topological polar surface area (TPSA) is 71.1 Å². The Kier molecular flexibility index (Phi) is 3.92. The van der Waals surface area contributed by atoms with E-state index in [2.05, 4.69) is 15.6 Å². The predicted molar refractivity (Wildman–Crippen MR) is 67.1 cm³/mol. The fourth-order valence-electron chi connectivity index (χ4n) is 1.98. The van der Waals surface area contributed by atoms with Crippen LogP contribution in [0.15, 0.2) is 18.2 Å². The van der Waals surface area contributed by atoms with E-state index in [4.69, 9.17) is 0 Å². The predicted octanol–water partition coefficient (Wildman–Crippen LogP) is 0.789. The highest BCUT2D eigenvalue weighted by Crippen LogP contribution is 2.06. The average molecular weight is 247 g/mol. The molecule has 1 fully saturated rings. The second-order valence-electron chi connectivity index (χ2n) is 4.48. The molecule has 1 aliphatic rings. The lowest BCUT2D eigenvalue weighted by atomic mass is 10.1. The van der Waals surface area contributed by atoms with Gasteiger partial charge in [-0.2, -0.15) is 0 Å². The highest BCUT2D eigenvalue weighted by Gasteiger charge is 2.23. The normalized spacial score (nSPS) is 19.8. The quantitative estimate of drug-likeness (QED) is 0.811. The summed E-state index contributed by atoms with van der Waals surface area (Å²) in [5, 5.41) is 5.53. The van der Waals surface area contributed by atoms with Gasteiger partial charge in [0, 0.05) is 12.2 Å². The number of aromatic nitrogens is 1. The van der Waals surface area contributed by atoms with Crippen LogP contribution in [0.5, 0.6) is 0 Å². The molecule has 1 saturated heterocycles. The van der Waals surface area contributed by atoms with Gasteiger partial charge in [0.05, 0.1) is 0 Å². The van der Waals surface area contributed by atoms with Gasteiger partial charge in [-0.25, -0.2) is 4.98 Å². The third-order valence-corrected chi connectivity index (χ3v) is 2.96. The number of nitrogens with one attached hydrogen (secondary N) is 2. The van der Waals surface area contributed by atoms with Crippen LogP contribution in [0.25, 0.3) is 0 Å². The molecular weight excluding hydrogens is 230 g/mol. The molecule has 18 heavy (non-hydrogen) atoms.